The van der Waals surface area contributed by atoms with Gasteiger partial charge in [0.2, 0.25) is 0 Å². The molecule has 0 fully saturated rings. The Morgan fingerprint density at radius 2 is 1.73 bits per heavy atom. The summed E-state index contributed by atoms with van der Waals surface area (Å²) in [7, 11) is -0.886. The molecule has 0 unspecified atom stereocenters. The van der Waals surface area contributed by atoms with Gasteiger partial charge in [0.05, 0.1) is 0 Å². The molecule has 1 N–H and O–H groups in total. The molecule has 0 aliphatic heterocycles. The summed E-state index contributed by atoms with van der Waals surface area (Å²) < 4.78 is 11.2. The molecule has 0 aliphatic carbocycles. The highest BCUT2D eigenvalue weighted by molar-refractivity contribution is 7.84. The van der Waals surface area contributed by atoms with E-state index in [2.05, 4.69) is 26.1 Å². The van der Waals surface area contributed by atoms with Gasteiger partial charge in [0.25, 0.3) is 0 Å². The van der Waals surface area contributed by atoms with Gasteiger partial charge in [0, 0.05) is 34.2 Å². The molecule has 0 saturated heterocycles. The van der Waals surface area contributed by atoms with E-state index in [4.69, 9.17) is 0 Å². The summed E-state index contributed by atoms with van der Waals surface area (Å²) in [5.41, 5.74) is 1.35. The first-order valence-corrected chi connectivity index (χ1v) is 6.62. The fourth-order valence-electron chi connectivity index (χ4n) is 1.13. The van der Waals surface area contributed by atoms with Crippen molar-refractivity contribution >= 4 is 16.5 Å². The molecule has 3 heteroatoms. The predicted octanol–water partition coefficient (Wildman–Crippen LogP) is 2.88. The maximum Gasteiger partial charge on any atom is 0.0498 e. The van der Waals surface area contributed by atoms with Gasteiger partial charge in [0.1, 0.15) is 0 Å². The van der Waals surface area contributed by atoms with Crippen molar-refractivity contribution in [1.29, 1.82) is 0 Å². The van der Waals surface area contributed by atoms with Gasteiger partial charge in [-0.1, -0.05) is 20.8 Å². The van der Waals surface area contributed by atoms with Crippen LogP contribution in [-0.2, 0) is 10.8 Å². The van der Waals surface area contributed by atoms with Crippen molar-refractivity contribution in [1.82, 2.24) is 0 Å². The minimum atomic E-state index is -0.886. The lowest BCUT2D eigenvalue weighted by Gasteiger charge is -2.19. The first kappa shape index (κ1) is 12.2. The average Bonchev–Trinajstić information content (AvgIpc) is 2.14. The van der Waals surface area contributed by atoms with Crippen LogP contribution in [0.25, 0.3) is 0 Å². The molecule has 0 aromatic heterocycles. The summed E-state index contributed by atoms with van der Waals surface area (Å²) in [5.74, 6) is 0. The van der Waals surface area contributed by atoms with Crippen LogP contribution in [0.4, 0.5) is 5.69 Å². The largest absolute Gasteiger partial charge is 0.385 e. The molecular formula is C12H19NOS. The minimum absolute atomic E-state index is 0.270. The molecule has 0 radical (unpaired) electrons. The summed E-state index contributed by atoms with van der Waals surface area (Å²) >= 11 is 0. The molecule has 15 heavy (non-hydrogen) atoms. The zero-order chi connectivity index (χ0) is 11.5. The molecule has 0 saturated carbocycles. The van der Waals surface area contributed by atoms with Crippen LogP contribution in [-0.4, -0.2) is 17.0 Å². The van der Waals surface area contributed by atoms with Gasteiger partial charge in [-0.15, -0.1) is 0 Å². The minimum Gasteiger partial charge on any atom is -0.385 e. The number of benzene rings is 1. The van der Waals surface area contributed by atoms with Crippen molar-refractivity contribution in [3.63, 3.8) is 0 Å². The van der Waals surface area contributed by atoms with Crippen LogP contribution in [0.5, 0.6) is 0 Å². The maximum absolute atomic E-state index is 11.2. The standard InChI is InChI=1S/C12H19NOS/c1-12(2,3)9-13-10-5-7-11(8-6-10)15(4)14/h5-8,13H,9H2,1-4H3/t15-/m1/s1. The highest BCUT2D eigenvalue weighted by Gasteiger charge is 2.09. The lowest BCUT2D eigenvalue weighted by atomic mass is 9.97. The highest BCUT2D eigenvalue weighted by atomic mass is 32.2. The Morgan fingerprint density at radius 1 is 1.20 bits per heavy atom. The van der Waals surface area contributed by atoms with E-state index in [-0.39, 0.29) is 5.41 Å². The lowest BCUT2D eigenvalue weighted by molar-refractivity contribution is 0.443. The predicted molar refractivity (Wildman–Crippen MR) is 66.7 cm³/mol. The molecule has 0 bridgehead atoms. The first-order chi connectivity index (χ1) is 6.88. The molecule has 0 amide bonds. The topological polar surface area (TPSA) is 29.1 Å². The van der Waals surface area contributed by atoms with Crippen molar-refractivity contribution in [3.8, 4) is 0 Å². The Balaban J connectivity index is 2.61. The number of rotatable bonds is 3. The van der Waals surface area contributed by atoms with Gasteiger partial charge in [-0.25, -0.2) is 0 Å². The Hall–Kier alpha value is -0.830. The van der Waals surface area contributed by atoms with E-state index in [1.807, 2.05) is 24.3 Å². The third-order valence-corrected chi connectivity index (χ3v) is 2.95. The van der Waals surface area contributed by atoms with Gasteiger partial charge in [-0.3, -0.25) is 4.21 Å². The van der Waals surface area contributed by atoms with Gasteiger partial charge in [-0.05, 0) is 29.7 Å². The van der Waals surface area contributed by atoms with Crippen LogP contribution < -0.4 is 5.32 Å². The fourth-order valence-corrected chi connectivity index (χ4v) is 1.65. The van der Waals surface area contributed by atoms with E-state index in [0.717, 1.165) is 17.1 Å². The Morgan fingerprint density at radius 3 is 2.13 bits per heavy atom. The third kappa shape index (κ3) is 4.47. The zero-order valence-corrected chi connectivity index (χ0v) is 10.6. The summed E-state index contributed by atoms with van der Waals surface area (Å²) in [6, 6.07) is 7.76. The number of anilines is 1. The van der Waals surface area contributed by atoms with E-state index in [0.29, 0.717) is 0 Å². The molecule has 1 aromatic rings. The maximum atomic E-state index is 11.2. The second-order valence-electron chi connectivity index (χ2n) is 4.89. The van der Waals surface area contributed by atoms with Crippen molar-refractivity contribution < 1.29 is 4.21 Å². The van der Waals surface area contributed by atoms with E-state index in [1.54, 1.807) is 6.26 Å². The number of nitrogens with one attached hydrogen (secondary N) is 1. The summed E-state index contributed by atoms with van der Waals surface area (Å²) in [6.45, 7) is 7.50. The van der Waals surface area contributed by atoms with E-state index in [9.17, 15) is 4.21 Å². The molecular weight excluding hydrogens is 206 g/mol. The van der Waals surface area contributed by atoms with Gasteiger partial charge >= 0.3 is 0 Å². The van der Waals surface area contributed by atoms with E-state index < -0.39 is 10.8 Å². The Labute approximate surface area is 94.5 Å². The molecule has 1 aromatic carbocycles. The molecule has 0 heterocycles. The first-order valence-electron chi connectivity index (χ1n) is 5.06. The van der Waals surface area contributed by atoms with Crippen LogP contribution in [0.1, 0.15) is 20.8 Å². The van der Waals surface area contributed by atoms with Crippen LogP contribution in [0.3, 0.4) is 0 Å². The van der Waals surface area contributed by atoms with Crippen LogP contribution in [0, 0.1) is 5.41 Å². The fraction of sp³-hybridized carbons (Fsp3) is 0.500. The monoisotopic (exact) mass is 225 g/mol. The molecule has 1 rings (SSSR count). The van der Waals surface area contributed by atoms with E-state index in [1.165, 1.54) is 0 Å². The Bertz CT molecular complexity index is 338. The van der Waals surface area contributed by atoms with Crippen LogP contribution >= 0.6 is 0 Å². The molecule has 2 nitrogen and oxygen atoms in total. The number of hydrogen-bond donors (Lipinski definition) is 1. The van der Waals surface area contributed by atoms with Gasteiger partial charge in [0.15, 0.2) is 0 Å². The van der Waals surface area contributed by atoms with Crippen LogP contribution in [0.2, 0.25) is 0 Å². The number of hydrogen-bond acceptors (Lipinski definition) is 2. The molecule has 0 aliphatic rings. The average molecular weight is 225 g/mol. The van der Waals surface area contributed by atoms with E-state index >= 15 is 0 Å². The van der Waals surface area contributed by atoms with Crippen molar-refractivity contribution in [3.05, 3.63) is 24.3 Å². The quantitative estimate of drug-likeness (QED) is 0.857. The molecule has 0 spiro atoms. The normalized spacial score (nSPS) is 13.6. The van der Waals surface area contributed by atoms with Crippen molar-refractivity contribution in [2.75, 3.05) is 18.1 Å². The third-order valence-electron chi connectivity index (χ3n) is 2.01. The highest BCUT2D eigenvalue weighted by Crippen LogP contribution is 2.16. The molecule has 1 atom stereocenters. The second-order valence-corrected chi connectivity index (χ2v) is 6.27. The summed E-state index contributed by atoms with van der Waals surface area (Å²) in [5, 5.41) is 3.35. The van der Waals surface area contributed by atoms with Crippen molar-refractivity contribution in [2.45, 2.75) is 25.7 Å². The summed E-state index contributed by atoms with van der Waals surface area (Å²) in [6.07, 6.45) is 1.69. The van der Waals surface area contributed by atoms with Crippen molar-refractivity contribution in [2.24, 2.45) is 5.41 Å². The second kappa shape index (κ2) is 4.79. The molecule has 84 valence electrons. The lowest BCUT2D eigenvalue weighted by Crippen LogP contribution is -2.18. The van der Waals surface area contributed by atoms with Crippen LogP contribution in [0.15, 0.2) is 29.2 Å². The smallest absolute Gasteiger partial charge is 0.0498 e. The summed E-state index contributed by atoms with van der Waals surface area (Å²) in [4.78, 5) is 0.872. The SMILES string of the molecule is C[S@@](=O)c1ccc(NCC(C)(C)C)cc1. The Kier molecular flexibility index (Phi) is 3.91. The van der Waals surface area contributed by atoms with Gasteiger partial charge < -0.3 is 5.32 Å². The zero-order valence-electron chi connectivity index (χ0n) is 9.83. The van der Waals surface area contributed by atoms with Gasteiger partial charge in [-0.2, -0.15) is 0 Å².